The number of nitrogens with one attached hydrogen (secondary N) is 1. The first-order valence-corrected chi connectivity index (χ1v) is 10.1. The third kappa shape index (κ3) is 4.95. The predicted octanol–water partition coefficient (Wildman–Crippen LogP) is 2.98. The van der Waals surface area contributed by atoms with Crippen LogP contribution >= 0.6 is 11.6 Å². The van der Waals surface area contributed by atoms with Crippen molar-refractivity contribution in [1.29, 1.82) is 0 Å². The average Bonchev–Trinajstić information content (AvgIpc) is 3.25. The number of halogens is 3. The van der Waals surface area contributed by atoms with Crippen LogP contribution in [0.3, 0.4) is 0 Å². The van der Waals surface area contributed by atoms with Crippen molar-refractivity contribution in [3.8, 4) is 0 Å². The number of nitrogen functional groups attached to an aromatic ring is 1. The molecule has 2 aromatic carbocycles. The second-order valence-electron chi connectivity index (χ2n) is 7.57. The van der Waals surface area contributed by atoms with Crippen molar-refractivity contribution in [3.05, 3.63) is 64.2 Å². The van der Waals surface area contributed by atoms with Crippen molar-refractivity contribution in [1.82, 2.24) is 15.2 Å². The number of urea groups is 1. The quantitative estimate of drug-likeness (QED) is 0.416. The molecule has 2 aromatic rings. The molecular weight excluding hydrogens is 428 g/mol. The Morgan fingerprint density at radius 3 is 2.61 bits per heavy atom. The molecule has 166 valence electrons. The highest BCUT2D eigenvalue weighted by atomic mass is 35.5. The smallest absolute Gasteiger partial charge is 0.323 e. The summed E-state index contributed by atoms with van der Waals surface area (Å²) in [6.45, 7) is 0.733. The van der Waals surface area contributed by atoms with Gasteiger partial charge in [-0.2, -0.15) is 0 Å². The summed E-state index contributed by atoms with van der Waals surface area (Å²) in [5.74, 6) is 2.96. The molecule has 0 aromatic heterocycles. The number of carbonyl (C=O) groups is 2. The van der Waals surface area contributed by atoms with Gasteiger partial charge in [-0.3, -0.25) is 15.1 Å². The van der Waals surface area contributed by atoms with Crippen LogP contribution in [0.1, 0.15) is 22.3 Å². The van der Waals surface area contributed by atoms with Gasteiger partial charge in [-0.1, -0.05) is 23.7 Å². The molecule has 1 unspecified atom stereocenters. The van der Waals surface area contributed by atoms with Gasteiger partial charge in [0.05, 0.1) is 17.3 Å². The minimum atomic E-state index is -0.764. The minimum absolute atomic E-state index is 0.0314. The molecule has 1 saturated heterocycles. The fraction of sp³-hybridized carbons (Fsp3) is 0.333. The van der Waals surface area contributed by atoms with Gasteiger partial charge < -0.3 is 9.80 Å². The number of carbonyl (C=O) groups excluding carboxylic acids is 2. The Labute approximate surface area is 184 Å². The normalized spacial score (nSPS) is 16.0. The molecule has 1 aliphatic heterocycles. The molecule has 3 rings (SSSR count). The lowest BCUT2D eigenvalue weighted by atomic mass is 10.1. The number of hydrogen-bond donors (Lipinski definition) is 2. The standard InChI is InChI=1S/C21H24ClF2N5O2/c1-27(2)15-8-9-28(12-15)21(31)29(18-5-3-4-16(22)19(18)24)11-14-7-6-13(10-17(14)23)20(30)26-25/h3-7,10,15H,8-9,11-12,25H2,1-2H3,(H,26,30). The van der Waals surface area contributed by atoms with E-state index in [4.69, 9.17) is 17.4 Å². The summed E-state index contributed by atoms with van der Waals surface area (Å²) in [7, 11) is 3.86. The average molecular weight is 452 g/mol. The molecule has 7 nitrogen and oxygen atoms in total. The maximum absolute atomic E-state index is 14.8. The molecule has 3 amide bonds. The summed E-state index contributed by atoms with van der Waals surface area (Å²) in [6.07, 6.45) is 0.780. The number of nitrogens with zero attached hydrogens (tertiary/aromatic N) is 3. The van der Waals surface area contributed by atoms with Crippen molar-refractivity contribution >= 4 is 29.2 Å². The highest BCUT2D eigenvalue weighted by Gasteiger charge is 2.32. The first kappa shape index (κ1) is 22.9. The van der Waals surface area contributed by atoms with E-state index in [0.29, 0.717) is 13.1 Å². The molecule has 0 radical (unpaired) electrons. The number of anilines is 1. The summed E-state index contributed by atoms with van der Waals surface area (Å²) >= 11 is 5.93. The lowest BCUT2D eigenvalue weighted by molar-refractivity contribution is 0.0953. The summed E-state index contributed by atoms with van der Waals surface area (Å²) in [4.78, 5) is 29.8. The lowest BCUT2D eigenvalue weighted by Gasteiger charge is -2.29. The number of nitrogens with two attached hydrogens (primary N) is 1. The van der Waals surface area contributed by atoms with Crippen LogP contribution in [0.25, 0.3) is 0 Å². The highest BCUT2D eigenvalue weighted by molar-refractivity contribution is 6.31. The number of amides is 3. The fourth-order valence-corrected chi connectivity index (χ4v) is 3.70. The van der Waals surface area contributed by atoms with Crippen molar-refractivity contribution < 1.29 is 18.4 Å². The maximum atomic E-state index is 14.8. The lowest BCUT2D eigenvalue weighted by Crippen LogP contribution is -2.43. The summed E-state index contributed by atoms with van der Waals surface area (Å²) in [5.41, 5.74) is 2.03. The molecule has 1 heterocycles. The van der Waals surface area contributed by atoms with Crippen molar-refractivity contribution in [2.24, 2.45) is 5.84 Å². The first-order chi connectivity index (χ1) is 14.7. The van der Waals surface area contributed by atoms with Crippen LogP contribution in [0.5, 0.6) is 0 Å². The Bertz CT molecular complexity index is 988. The maximum Gasteiger partial charge on any atom is 0.324 e. The van der Waals surface area contributed by atoms with E-state index < -0.39 is 23.6 Å². The second-order valence-corrected chi connectivity index (χ2v) is 7.98. The Hall–Kier alpha value is -2.75. The monoisotopic (exact) mass is 451 g/mol. The summed E-state index contributed by atoms with van der Waals surface area (Å²) < 4.78 is 29.5. The van der Waals surface area contributed by atoms with Crippen LogP contribution < -0.4 is 16.2 Å². The van der Waals surface area contributed by atoms with Crippen LogP contribution in [0.4, 0.5) is 19.3 Å². The zero-order valence-electron chi connectivity index (χ0n) is 17.2. The van der Waals surface area contributed by atoms with Crippen LogP contribution in [0, 0.1) is 11.6 Å². The van der Waals surface area contributed by atoms with Gasteiger partial charge >= 0.3 is 6.03 Å². The van der Waals surface area contributed by atoms with E-state index in [0.717, 1.165) is 12.5 Å². The van der Waals surface area contributed by atoms with Crippen molar-refractivity contribution in [2.75, 3.05) is 32.1 Å². The van der Waals surface area contributed by atoms with Gasteiger partial charge in [-0.15, -0.1) is 0 Å². The topological polar surface area (TPSA) is 81.9 Å². The van der Waals surface area contributed by atoms with E-state index in [-0.39, 0.29) is 34.4 Å². The Kier molecular flexibility index (Phi) is 7.09. The van der Waals surface area contributed by atoms with Gasteiger partial charge in [0.25, 0.3) is 5.91 Å². The summed E-state index contributed by atoms with van der Waals surface area (Å²) in [6, 6.07) is 7.83. The third-order valence-corrected chi connectivity index (χ3v) is 5.68. The van der Waals surface area contributed by atoms with E-state index in [2.05, 4.69) is 0 Å². The molecule has 10 heteroatoms. The van der Waals surface area contributed by atoms with Crippen LogP contribution in [-0.4, -0.2) is 55.0 Å². The van der Waals surface area contributed by atoms with Crippen LogP contribution in [-0.2, 0) is 6.54 Å². The zero-order chi connectivity index (χ0) is 22.7. The van der Waals surface area contributed by atoms with Crippen molar-refractivity contribution in [2.45, 2.75) is 19.0 Å². The Balaban J connectivity index is 1.94. The fourth-order valence-electron chi connectivity index (χ4n) is 3.53. The molecule has 1 aliphatic rings. The van der Waals surface area contributed by atoms with E-state index >= 15 is 0 Å². The highest BCUT2D eigenvalue weighted by Crippen LogP contribution is 2.29. The van der Waals surface area contributed by atoms with Gasteiger partial charge in [0.1, 0.15) is 5.82 Å². The van der Waals surface area contributed by atoms with E-state index in [1.807, 2.05) is 24.4 Å². The number of hydrogen-bond acceptors (Lipinski definition) is 4. The molecule has 3 N–H and O–H groups in total. The largest absolute Gasteiger partial charge is 0.324 e. The molecular formula is C21H24ClF2N5O2. The van der Waals surface area contributed by atoms with E-state index in [1.54, 1.807) is 4.90 Å². The number of likely N-dealkylation sites (N-methyl/N-ethyl adjacent to an activating group) is 1. The second kappa shape index (κ2) is 9.59. The minimum Gasteiger partial charge on any atom is -0.323 e. The molecule has 0 bridgehead atoms. The molecule has 1 atom stereocenters. The zero-order valence-corrected chi connectivity index (χ0v) is 18.0. The number of benzene rings is 2. The number of hydrazine groups is 1. The first-order valence-electron chi connectivity index (χ1n) is 9.69. The van der Waals surface area contributed by atoms with Crippen molar-refractivity contribution in [3.63, 3.8) is 0 Å². The van der Waals surface area contributed by atoms with Gasteiger partial charge in [0.2, 0.25) is 0 Å². The van der Waals surface area contributed by atoms with Gasteiger partial charge in [-0.05, 0) is 44.8 Å². The Morgan fingerprint density at radius 1 is 1.26 bits per heavy atom. The summed E-state index contributed by atoms with van der Waals surface area (Å²) in [5, 5.41) is -0.140. The number of rotatable bonds is 5. The van der Waals surface area contributed by atoms with Crippen LogP contribution in [0.2, 0.25) is 5.02 Å². The SMILES string of the molecule is CN(C)C1CCN(C(=O)N(Cc2ccc(C(=O)NN)cc2F)c2cccc(Cl)c2F)C1. The molecule has 31 heavy (non-hydrogen) atoms. The molecule has 0 spiro atoms. The Morgan fingerprint density at radius 2 is 2.00 bits per heavy atom. The van der Waals surface area contributed by atoms with Crippen LogP contribution in [0.15, 0.2) is 36.4 Å². The number of likely N-dealkylation sites (tertiary alicyclic amines) is 1. The van der Waals surface area contributed by atoms with Gasteiger partial charge in [0, 0.05) is 30.3 Å². The molecule has 0 saturated carbocycles. The predicted molar refractivity (Wildman–Crippen MR) is 115 cm³/mol. The van der Waals surface area contributed by atoms with Gasteiger partial charge in [0.15, 0.2) is 5.82 Å². The molecule has 1 fully saturated rings. The van der Waals surface area contributed by atoms with E-state index in [1.165, 1.54) is 35.2 Å². The van der Waals surface area contributed by atoms with E-state index in [9.17, 15) is 18.4 Å². The van der Waals surface area contributed by atoms with Gasteiger partial charge in [-0.25, -0.2) is 19.4 Å². The molecule has 0 aliphatic carbocycles. The third-order valence-electron chi connectivity index (χ3n) is 5.39.